The van der Waals surface area contributed by atoms with Crippen molar-refractivity contribution in [1.29, 1.82) is 0 Å². The number of nitrogens with two attached hydrogens (primary N) is 1. The van der Waals surface area contributed by atoms with E-state index in [-0.39, 0.29) is 30.4 Å². The van der Waals surface area contributed by atoms with Gasteiger partial charge in [0.25, 0.3) is 5.91 Å². The number of nitrogens with one attached hydrogen (secondary N) is 1. The molecule has 156 valence electrons. The van der Waals surface area contributed by atoms with Crippen molar-refractivity contribution in [2.75, 3.05) is 18.4 Å². The first-order valence-corrected chi connectivity index (χ1v) is 10.2. The van der Waals surface area contributed by atoms with Crippen molar-refractivity contribution in [3.05, 3.63) is 56.9 Å². The van der Waals surface area contributed by atoms with Gasteiger partial charge in [-0.3, -0.25) is 4.79 Å². The fourth-order valence-electron chi connectivity index (χ4n) is 3.32. The molecule has 1 amide bonds. The molecule has 1 fully saturated rings. The van der Waals surface area contributed by atoms with Crippen LogP contribution in [-0.2, 0) is 0 Å². The maximum Gasteiger partial charge on any atom is 0.256 e. The Morgan fingerprint density at radius 3 is 2.59 bits per heavy atom. The highest BCUT2D eigenvalue weighted by Crippen LogP contribution is 2.33. The van der Waals surface area contributed by atoms with Crippen molar-refractivity contribution in [2.45, 2.75) is 31.4 Å². The molecular formula is C20H21F3IN3O2. The minimum atomic E-state index is -1.28. The van der Waals surface area contributed by atoms with Crippen molar-refractivity contribution >= 4 is 39.9 Å². The van der Waals surface area contributed by atoms with Crippen LogP contribution in [0.2, 0.25) is 0 Å². The van der Waals surface area contributed by atoms with E-state index < -0.39 is 34.6 Å². The fourth-order valence-corrected chi connectivity index (χ4v) is 3.77. The predicted molar refractivity (Wildman–Crippen MR) is 112 cm³/mol. The van der Waals surface area contributed by atoms with Crippen LogP contribution in [0.15, 0.2) is 30.3 Å². The first-order valence-electron chi connectivity index (χ1n) is 9.11. The number of β-amino-alcohol motifs (C(OH)–C–C–N with tert-alkyl or cyclic N) is 1. The van der Waals surface area contributed by atoms with E-state index in [9.17, 15) is 23.1 Å². The number of carbonyl (C=O) groups is 1. The Labute approximate surface area is 180 Å². The number of rotatable bonds is 6. The average molecular weight is 519 g/mol. The van der Waals surface area contributed by atoms with Gasteiger partial charge in [-0.1, -0.05) is 6.92 Å². The van der Waals surface area contributed by atoms with E-state index in [1.807, 2.05) is 29.5 Å². The van der Waals surface area contributed by atoms with Crippen LogP contribution in [0.25, 0.3) is 0 Å². The zero-order valence-corrected chi connectivity index (χ0v) is 17.8. The third-order valence-corrected chi connectivity index (χ3v) is 5.61. The molecule has 0 radical (unpaired) electrons. The first kappa shape index (κ1) is 21.8. The Kier molecular flexibility index (Phi) is 6.39. The number of halogens is 4. The third-order valence-electron chi connectivity index (χ3n) is 4.94. The van der Waals surface area contributed by atoms with Crippen molar-refractivity contribution in [1.82, 2.24) is 4.90 Å². The van der Waals surface area contributed by atoms with Crippen LogP contribution < -0.4 is 11.1 Å². The number of anilines is 2. The lowest BCUT2D eigenvalue weighted by Gasteiger charge is -2.47. The minimum Gasteiger partial charge on any atom is -0.386 e. The molecule has 3 rings (SSSR count). The Hall–Kier alpha value is -1.85. The van der Waals surface area contributed by atoms with Crippen LogP contribution >= 0.6 is 22.6 Å². The van der Waals surface area contributed by atoms with Crippen molar-refractivity contribution < 1.29 is 23.1 Å². The topological polar surface area (TPSA) is 78.6 Å². The number of nitrogens with zero attached hydrogens (tertiary/aromatic N) is 1. The normalized spacial score (nSPS) is 16.3. The summed E-state index contributed by atoms with van der Waals surface area (Å²) in [7, 11) is 0. The molecule has 0 aromatic heterocycles. The maximum atomic E-state index is 14.5. The second-order valence-electron chi connectivity index (χ2n) is 7.29. The molecule has 1 heterocycles. The van der Waals surface area contributed by atoms with Crippen LogP contribution in [0.5, 0.6) is 0 Å². The summed E-state index contributed by atoms with van der Waals surface area (Å²) in [5.41, 5.74) is 4.09. The van der Waals surface area contributed by atoms with E-state index in [0.29, 0.717) is 16.4 Å². The number of hydrogen-bond acceptors (Lipinski definition) is 4. The van der Waals surface area contributed by atoms with Gasteiger partial charge in [0, 0.05) is 9.61 Å². The Morgan fingerprint density at radius 2 is 1.97 bits per heavy atom. The second-order valence-corrected chi connectivity index (χ2v) is 8.54. The Bertz CT molecular complexity index is 935. The summed E-state index contributed by atoms with van der Waals surface area (Å²) in [5.74, 6) is -3.69. The van der Waals surface area contributed by atoms with Crippen molar-refractivity contribution in [3.63, 3.8) is 0 Å². The largest absolute Gasteiger partial charge is 0.386 e. The van der Waals surface area contributed by atoms with Crippen LogP contribution in [0.4, 0.5) is 24.5 Å². The second kappa shape index (κ2) is 8.49. The Balaban J connectivity index is 1.85. The van der Waals surface area contributed by atoms with Crippen LogP contribution in [0.1, 0.15) is 30.1 Å². The zero-order chi connectivity index (χ0) is 21.3. The third kappa shape index (κ3) is 4.67. The van der Waals surface area contributed by atoms with Gasteiger partial charge >= 0.3 is 0 Å². The van der Waals surface area contributed by atoms with Crippen LogP contribution in [-0.4, -0.2) is 40.6 Å². The number of amides is 1. The number of hydrogen-bond donors (Lipinski definition) is 3. The highest BCUT2D eigenvalue weighted by molar-refractivity contribution is 14.1. The molecule has 0 aliphatic carbocycles. The van der Waals surface area contributed by atoms with Gasteiger partial charge < -0.3 is 21.1 Å². The molecule has 2 aromatic rings. The van der Waals surface area contributed by atoms with E-state index in [0.717, 1.165) is 12.1 Å². The zero-order valence-electron chi connectivity index (χ0n) is 15.7. The Morgan fingerprint density at radius 1 is 1.28 bits per heavy atom. The summed E-state index contributed by atoms with van der Waals surface area (Å²) < 4.78 is 43.1. The molecule has 0 spiro atoms. The van der Waals surface area contributed by atoms with Gasteiger partial charge in [-0.25, -0.2) is 13.2 Å². The van der Waals surface area contributed by atoms with Crippen LogP contribution in [0, 0.1) is 21.0 Å². The molecule has 0 bridgehead atoms. The lowest BCUT2D eigenvalue weighted by molar-refractivity contribution is -0.0892. The number of likely N-dealkylation sites (tertiary alicyclic amines) is 1. The fraction of sp³-hybridized carbons (Fsp3) is 0.350. The van der Waals surface area contributed by atoms with E-state index in [1.54, 1.807) is 6.07 Å². The molecule has 9 heteroatoms. The number of benzene rings is 2. The lowest BCUT2D eigenvalue weighted by Crippen LogP contribution is -2.64. The predicted octanol–water partition coefficient (Wildman–Crippen LogP) is 3.77. The van der Waals surface area contributed by atoms with Crippen LogP contribution in [0.3, 0.4) is 0 Å². The van der Waals surface area contributed by atoms with Crippen molar-refractivity contribution in [2.24, 2.45) is 5.73 Å². The molecule has 29 heavy (non-hydrogen) atoms. The molecule has 1 aliphatic rings. The first-order chi connectivity index (χ1) is 13.6. The van der Waals surface area contributed by atoms with Gasteiger partial charge in [-0.2, -0.15) is 0 Å². The molecule has 1 atom stereocenters. The highest BCUT2D eigenvalue weighted by Gasteiger charge is 2.45. The SMILES string of the molecule is CCC(N)CC1(O)CN(C(=O)c2ccc(F)c(F)c2Nc2ccc(I)cc2F)C1. The molecule has 1 saturated heterocycles. The molecule has 2 aromatic carbocycles. The quantitative estimate of drug-likeness (QED) is 0.508. The molecular weight excluding hydrogens is 498 g/mol. The van der Waals surface area contributed by atoms with Gasteiger partial charge in [-0.15, -0.1) is 0 Å². The van der Waals surface area contributed by atoms with E-state index in [4.69, 9.17) is 5.73 Å². The summed E-state index contributed by atoms with van der Waals surface area (Å²) in [6.45, 7) is 1.98. The summed E-state index contributed by atoms with van der Waals surface area (Å²) >= 11 is 1.92. The van der Waals surface area contributed by atoms with Gasteiger partial charge in [-0.05, 0) is 65.8 Å². The smallest absolute Gasteiger partial charge is 0.256 e. The van der Waals surface area contributed by atoms with Gasteiger partial charge in [0.2, 0.25) is 0 Å². The number of aliphatic hydroxyl groups is 1. The number of carbonyl (C=O) groups excluding carboxylic acids is 1. The summed E-state index contributed by atoms with van der Waals surface area (Å²) in [6.07, 6.45) is 1.03. The average Bonchev–Trinajstić information content (AvgIpc) is 2.64. The lowest BCUT2D eigenvalue weighted by atomic mass is 9.86. The van der Waals surface area contributed by atoms with Crippen molar-refractivity contribution in [3.8, 4) is 0 Å². The molecule has 4 N–H and O–H groups in total. The molecule has 0 saturated carbocycles. The van der Waals surface area contributed by atoms with E-state index >= 15 is 0 Å². The summed E-state index contributed by atoms with van der Waals surface area (Å²) in [4.78, 5) is 14.2. The van der Waals surface area contributed by atoms with E-state index in [2.05, 4.69) is 5.32 Å². The minimum absolute atomic E-state index is 0.0376. The van der Waals surface area contributed by atoms with Gasteiger partial charge in [0.05, 0.1) is 30.0 Å². The summed E-state index contributed by atoms with van der Waals surface area (Å²) in [5, 5.41) is 13.0. The molecule has 1 aliphatic heterocycles. The summed E-state index contributed by atoms with van der Waals surface area (Å²) in [6, 6.07) is 6.00. The molecule has 5 nitrogen and oxygen atoms in total. The highest BCUT2D eigenvalue weighted by atomic mass is 127. The van der Waals surface area contributed by atoms with Gasteiger partial charge in [0.1, 0.15) is 11.4 Å². The monoisotopic (exact) mass is 519 g/mol. The van der Waals surface area contributed by atoms with E-state index in [1.165, 1.54) is 17.0 Å². The van der Waals surface area contributed by atoms with Gasteiger partial charge in [0.15, 0.2) is 11.6 Å². The maximum absolute atomic E-state index is 14.5. The molecule has 1 unspecified atom stereocenters. The standard InChI is InChI=1S/C20H21F3IN3O2/c1-2-12(25)8-20(29)9-27(10-20)19(28)13-4-5-14(21)17(23)18(13)26-16-6-3-11(24)7-15(16)22/h3-7,12,26,29H,2,8-10,25H2,1H3.